The second-order valence-electron chi connectivity index (χ2n) is 9.51. The van der Waals surface area contributed by atoms with Gasteiger partial charge in [-0.2, -0.15) is 4.98 Å². The van der Waals surface area contributed by atoms with Crippen molar-refractivity contribution in [3.63, 3.8) is 0 Å². The van der Waals surface area contributed by atoms with Gasteiger partial charge >= 0.3 is 6.09 Å². The predicted molar refractivity (Wildman–Crippen MR) is 130 cm³/mol. The number of benzene rings is 1. The van der Waals surface area contributed by atoms with E-state index in [2.05, 4.69) is 25.9 Å². The average molecular weight is 480 g/mol. The lowest BCUT2D eigenvalue weighted by atomic mass is 9.70. The minimum atomic E-state index is -1.07. The molecular weight excluding hydrogens is 450 g/mol. The van der Waals surface area contributed by atoms with Crippen LogP contribution in [0, 0.1) is 0 Å². The molecule has 3 aliphatic rings. The number of hydrogen-bond donors (Lipinski definition) is 5. The number of aromatic nitrogens is 2. The first kappa shape index (κ1) is 22.9. The molecule has 6 N–H and O–H groups in total. The molecule has 0 unspecified atom stereocenters. The van der Waals surface area contributed by atoms with Gasteiger partial charge in [0.25, 0.3) is 5.91 Å². The van der Waals surface area contributed by atoms with Crippen LogP contribution < -0.4 is 26.6 Å². The van der Waals surface area contributed by atoms with Crippen LogP contribution >= 0.6 is 0 Å². The minimum absolute atomic E-state index is 0.0566. The number of anilines is 4. The lowest BCUT2D eigenvalue weighted by Gasteiger charge is -2.32. The molecule has 3 heterocycles. The van der Waals surface area contributed by atoms with Crippen molar-refractivity contribution in [2.75, 3.05) is 28.6 Å². The van der Waals surface area contributed by atoms with Crippen LogP contribution in [0.15, 0.2) is 24.4 Å². The summed E-state index contributed by atoms with van der Waals surface area (Å²) in [7, 11) is 0. The lowest BCUT2D eigenvalue weighted by molar-refractivity contribution is -0.121. The number of carbonyl (C=O) groups is 3. The predicted octanol–water partition coefficient (Wildman–Crippen LogP) is 2.71. The Labute approximate surface area is 202 Å². The number of carboxylic acid groups (broad SMARTS) is 1. The van der Waals surface area contributed by atoms with Crippen molar-refractivity contribution in [3.05, 3.63) is 35.5 Å². The summed E-state index contributed by atoms with van der Waals surface area (Å²) in [5, 5.41) is 17.8. The van der Waals surface area contributed by atoms with Crippen LogP contribution in [0.25, 0.3) is 0 Å². The summed E-state index contributed by atoms with van der Waals surface area (Å²) in [6, 6.07) is 5.43. The molecule has 2 aromatic rings. The van der Waals surface area contributed by atoms with Crippen molar-refractivity contribution in [1.29, 1.82) is 0 Å². The van der Waals surface area contributed by atoms with Gasteiger partial charge in [-0.1, -0.05) is 19.3 Å². The highest BCUT2D eigenvalue weighted by Crippen LogP contribution is 2.48. The van der Waals surface area contributed by atoms with Crippen molar-refractivity contribution in [3.8, 4) is 0 Å². The van der Waals surface area contributed by atoms with Gasteiger partial charge in [0.1, 0.15) is 11.4 Å². The Kier molecular flexibility index (Phi) is 5.91. The molecule has 2 aliphatic heterocycles. The molecular formula is C24H29N7O4. The lowest BCUT2D eigenvalue weighted by Crippen LogP contribution is -2.48. The molecule has 184 valence electrons. The number of piperidine rings is 1. The van der Waals surface area contributed by atoms with Crippen LogP contribution in [0.4, 0.5) is 27.9 Å². The number of primary amides is 1. The topological polar surface area (TPSA) is 163 Å². The molecule has 0 bridgehead atoms. The van der Waals surface area contributed by atoms with E-state index in [1.807, 2.05) is 23.1 Å². The fourth-order valence-electron chi connectivity index (χ4n) is 5.53. The third kappa shape index (κ3) is 4.33. The van der Waals surface area contributed by atoms with E-state index in [1.165, 1.54) is 6.20 Å². The summed E-state index contributed by atoms with van der Waals surface area (Å²) in [6.45, 7) is 1.10. The Morgan fingerprint density at radius 3 is 2.74 bits per heavy atom. The van der Waals surface area contributed by atoms with Gasteiger partial charge in [-0.05, 0) is 49.4 Å². The second kappa shape index (κ2) is 9.05. The van der Waals surface area contributed by atoms with E-state index >= 15 is 0 Å². The Bertz CT molecular complexity index is 1180. The first-order valence-corrected chi connectivity index (χ1v) is 12.0. The van der Waals surface area contributed by atoms with E-state index in [0.29, 0.717) is 24.7 Å². The molecule has 1 spiro atoms. The van der Waals surface area contributed by atoms with Gasteiger partial charge in [-0.15, -0.1) is 0 Å². The Balaban J connectivity index is 1.44. The highest BCUT2D eigenvalue weighted by molar-refractivity contribution is 6.07. The molecule has 2 fully saturated rings. The van der Waals surface area contributed by atoms with Crippen LogP contribution in [-0.4, -0.2) is 52.1 Å². The van der Waals surface area contributed by atoms with Gasteiger partial charge in [-0.3, -0.25) is 9.59 Å². The average Bonchev–Trinajstić information content (AvgIpc) is 3.09. The Morgan fingerprint density at radius 1 is 1.20 bits per heavy atom. The van der Waals surface area contributed by atoms with Gasteiger partial charge in [0, 0.05) is 36.7 Å². The monoisotopic (exact) mass is 479 g/mol. The molecule has 3 amide bonds. The molecule has 5 rings (SSSR count). The van der Waals surface area contributed by atoms with E-state index in [-0.39, 0.29) is 23.3 Å². The molecule has 0 radical (unpaired) electrons. The molecule has 1 aliphatic carbocycles. The third-order valence-corrected chi connectivity index (χ3v) is 7.26. The Morgan fingerprint density at radius 2 is 2.00 bits per heavy atom. The summed E-state index contributed by atoms with van der Waals surface area (Å²) in [5.41, 5.74) is 7.73. The Hall–Kier alpha value is -3.89. The van der Waals surface area contributed by atoms with Gasteiger partial charge < -0.3 is 31.7 Å². The second-order valence-corrected chi connectivity index (χ2v) is 9.51. The number of amides is 3. The van der Waals surface area contributed by atoms with E-state index < -0.39 is 17.4 Å². The van der Waals surface area contributed by atoms with Gasteiger partial charge in [0.15, 0.2) is 0 Å². The smallest absolute Gasteiger partial charge is 0.404 e. The normalized spacial score (nSPS) is 20.7. The maximum absolute atomic E-state index is 12.9. The van der Waals surface area contributed by atoms with Crippen LogP contribution in [0.1, 0.15) is 60.9 Å². The molecule has 11 nitrogen and oxygen atoms in total. The number of nitrogens with two attached hydrogens (primary N) is 1. The van der Waals surface area contributed by atoms with Crippen LogP contribution in [0.3, 0.4) is 0 Å². The molecule has 1 atom stereocenters. The van der Waals surface area contributed by atoms with Crippen LogP contribution in [0.5, 0.6) is 0 Å². The fraction of sp³-hybridized carbons (Fsp3) is 0.458. The quantitative estimate of drug-likeness (QED) is 0.437. The SMILES string of the molecule is NC(=O)c1cnc(N2CCC[C@H](NC(=O)O)C2)nc1Nc1ccc2c(c1)C1(CCCCC1)C(=O)N2. The van der Waals surface area contributed by atoms with E-state index in [1.54, 1.807) is 0 Å². The number of nitrogens with one attached hydrogen (secondary N) is 3. The zero-order valence-electron chi connectivity index (χ0n) is 19.3. The number of carbonyl (C=O) groups excluding carboxylic acids is 2. The molecule has 11 heteroatoms. The van der Waals surface area contributed by atoms with Crippen molar-refractivity contribution in [2.45, 2.75) is 56.4 Å². The summed E-state index contributed by atoms with van der Waals surface area (Å²) >= 11 is 0. The summed E-state index contributed by atoms with van der Waals surface area (Å²) in [6.07, 6.45) is 6.64. The summed E-state index contributed by atoms with van der Waals surface area (Å²) < 4.78 is 0. The molecule has 1 aromatic heterocycles. The van der Waals surface area contributed by atoms with E-state index in [4.69, 9.17) is 10.8 Å². The third-order valence-electron chi connectivity index (χ3n) is 7.26. The fourth-order valence-corrected chi connectivity index (χ4v) is 5.53. The maximum atomic E-state index is 12.9. The van der Waals surface area contributed by atoms with Crippen molar-refractivity contribution < 1.29 is 19.5 Å². The molecule has 1 aromatic carbocycles. The zero-order valence-corrected chi connectivity index (χ0v) is 19.3. The van der Waals surface area contributed by atoms with Crippen LogP contribution in [0.2, 0.25) is 0 Å². The first-order valence-electron chi connectivity index (χ1n) is 12.0. The summed E-state index contributed by atoms with van der Waals surface area (Å²) in [4.78, 5) is 46.8. The highest BCUT2D eigenvalue weighted by Gasteiger charge is 2.47. The van der Waals surface area contributed by atoms with Crippen molar-refractivity contribution in [2.24, 2.45) is 5.73 Å². The largest absolute Gasteiger partial charge is 0.465 e. The number of hydrogen-bond acceptors (Lipinski definition) is 7. The summed E-state index contributed by atoms with van der Waals surface area (Å²) in [5.74, 6) is 0.0490. The minimum Gasteiger partial charge on any atom is -0.465 e. The number of nitrogens with zero attached hydrogens (tertiary/aromatic N) is 3. The van der Waals surface area contributed by atoms with Gasteiger partial charge in [-0.25, -0.2) is 9.78 Å². The van der Waals surface area contributed by atoms with Crippen LogP contribution in [-0.2, 0) is 10.2 Å². The first-order chi connectivity index (χ1) is 16.9. The standard InChI is InChI=1S/C24H29N7O4/c25-19(32)16-12-26-22(31-10-4-5-15(13-31)28-23(34)35)30-20(16)27-14-6-7-18-17(11-14)24(21(33)29-18)8-2-1-3-9-24/h6-7,11-12,15,28H,1-5,8-10,13H2,(H2,25,32)(H,29,33)(H,34,35)(H,26,27,30)/t15-/m0/s1. The van der Waals surface area contributed by atoms with Crippen molar-refractivity contribution in [1.82, 2.24) is 15.3 Å². The maximum Gasteiger partial charge on any atom is 0.404 e. The highest BCUT2D eigenvalue weighted by atomic mass is 16.4. The zero-order chi connectivity index (χ0) is 24.6. The molecule has 1 saturated heterocycles. The van der Waals surface area contributed by atoms with Gasteiger partial charge in [0.05, 0.1) is 5.41 Å². The molecule has 35 heavy (non-hydrogen) atoms. The van der Waals surface area contributed by atoms with E-state index in [0.717, 1.165) is 56.2 Å². The van der Waals surface area contributed by atoms with Crippen molar-refractivity contribution >= 4 is 41.0 Å². The molecule has 1 saturated carbocycles. The van der Waals surface area contributed by atoms with Gasteiger partial charge in [0.2, 0.25) is 11.9 Å². The number of rotatable bonds is 5. The van der Waals surface area contributed by atoms with E-state index in [9.17, 15) is 14.4 Å². The number of fused-ring (bicyclic) bond motifs is 2.